The van der Waals surface area contributed by atoms with Gasteiger partial charge in [0, 0.05) is 16.3 Å². The van der Waals surface area contributed by atoms with Gasteiger partial charge in [-0.2, -0.15) is 0 Å². The second-order valence-electron chi connectivity index (χ2n) is 4.10. The number of aryl methyl sites for hydroxylation is 1. The first kappa shape index (κ1) is 13.0. The van der Waals surface area contributed by atoms with Gasteiger partial charge in [0.15, 0.2) is 0 Å². The predicted molar refractivity (Wildman–Crippen MR) is 76.2 cm³/mol. The lowest BCUT2D eigenvalue weighted by Crippen LogP contribution is -1.98. The lowest BCUT2D eigenvalue weighted by molar-refractivity contribution is 0.413. The molecule has 0 saturated carbocycles. The van der Waals surface area contributed by atoms with Crippen LogP contribution in [0.5, 0.6) is 5.75 Å². The zero-order chi connectivity index (χ0) is 13.0. The highest BCUT2D eigenvalue weighted by Gasteiger charge is 2.04. The van der Waals surface area contributed by atoms with E-state index < -0.39 is 0 Å². The van der Waals surface area contributed by atoms with E-state index >= 15 is 0 Å². The molecule has 0 saturated heterocycles. The van der Waals surface area contributed by atoms with Crippen LogP contribution < -0.4 is 10.5 Å². The summed E-state index contributed by atoms with van der Waals surface area (Å²) in [6, 6.07) is 14.4. The maximum atomic E-state index is 5.79. The molecule has 0 heterocycles. The summed E-state index contributed by atoms with van der Waals surface area (Å²) < 4.78 is 5.23. The number of rotatable bonds is 4. The fourth-order valence-electron chi connectivity index (χ4n) is 1.76. The molecule has 94 valence electrons. The second kappa shape index (κ2) is 5.94. The van der Waals surface area contributed by atoms with Crippen molar-refractivity contribution in [3.8, 4) is 5.75 Å². The van der Waals surface area contributed by atoms with Crippen LogP contribution in [0.4, 0.5) is 0 Å². The first-order valence-corrected chi connectivity index (χ1v) is 6.66. The van der Waals surface area contributed by atoms with Gasteiger partial charge in [0.2, 0.25) is 0 Å². The lowest BCUT2D eigenvalue weighted by atomic mass is 10.1. The van der Waals surface area contributed by atoms with Crippen molar-refractivity contribution in [2.24, 2.45) is 5.73 Å². The molecule has 2 aromatic carbocycles. The minimum absolute atomic E-state index is 0.563. The molecule has 0 bridgehead atoms. The fraction of sp³-hybridized carbons (Fsp3) is 0.200. The molecule has 2 rings (SSSR count). The Morgan fingerprint density at radius 2 is 2.00 bits per heavy atom. The highest BCUT2D eigenvalue weighted by molar-refractivity contribution is 7.99. The normalized spacial score (nSPS) is 10.4. The van der Waals surface area contributed by atoms with E-state index in [1.807, 2.05) is 18.2 Å². The largest absolute Gasteiger partial charge is 0.497 e. The zero-order valence-corrected chi connectivity index (χ0v) is 11.5. The maximum Gasteiger partial charge on any atom is 0.119 e. The third-order valence-electron chi connectivity index (χ3n) is 2.70. The van der Waals surface area contributed by atoms with Crippen molar-refractivity contribution in [2.45, 2.75) is 23.3 Å². The first-order valence-electron chi connectivity index (χ1n) is 5.84. The molecule has 0 aromatic heterocycles. The molecule has 0 aliphatic carbocycles. The number of hydrogen-bond acceptors (Lipinski definition) is 3. The predicted octanol–water partition coefficient (Wildman–Crippen LogP) is 3.61. The zero-order valence-electron chi connectivity index (χ0n) is 10.6. The second-order valence-corrected chi connectivity index (χ2v) is 5.21. The summed E-state index contributed by atoms with van der Waals surface area (Å²) in [5.41, 5.74) is 8.22. The molecular formula is C15H17NOS. The maximum absolute atomic E-state index is 5.79. The summed E-state index contributed by atoms with van der Waals surface area (Å²) in [5.74, 6) is 0.876. The van der Waals surface area contributed by atoms with Crippen LogP contribution in [-0.4, -0.2) is 7.11 Å². The summed E-state index contributed by atoms with van der Waals surface area (Å²) in [6.45, 7) is 2.65. The van der Waals surface area contributed by atoms with Crippen molar-refractivity contribution in [1.82, 2.24) is 0 Å². The number of hydrogen-bond donors (Lipinski definition) is 1. The molecular weight excluding hydrogens is 242 g/mol. The quantitative estimate of drug-likeness (QED) is 0.911. The lowest BCUT2D eigenvalue weighted by Gasteiger charge is -2.09. The van der Waals surface area contributed by atoms with E-state index in [0.717, 1.165) is 10.6 Å². The van der Waals surface area contributed by atoms with Crippen LogP contribution in [0.1, 0.15) is 11.1 Å². The number of methoxy groups -OCH3 is 1. The molecule has 2 aromatic rings. The Hall–Kier alpha value is -1.45. The molecule has 0 atom stereocenters. The van der Waals surface area contributed by atoms with Gasteiger partial charge in [-0.1, -0.05) is 35.5 Å². The third-order valence-corrected chi connectivity index (χ3v) is 3.81. The minimum atomic E-state index is 0.563. The van der Waals surface area contributed by atoms with Crippen LogP contribution in [0.25, 0.3) is 0 Å². The van der Waals surface area contributed by atoms with E-state index in [1.54, 1.807) is 18.9 Å². The van der Waals surface area contributed by atoms with Gasteiger partial charge in [-0.3, -0.25) is 0 Å². The Morgan fingerprint density at radius 1 is 1.17 bits per heavy atom. The highest BCUT2D eigenvalue weighted by atomic mass is 32.2. The Balaban J connectivity index is 2.27. The average Bonchev–Trinajstić information content (AvgIpc) is 2.41. The topological polar surface area (TPSA) is 35.2 Å². The van der Waals surface area contributed by atoms with E-state index in [0.29, 0.717) is 6.54 Å². The van der Waals surface area contributed by atoms with Crippen LogP contribution in [0, 0.1) is 6.92 Å². The molecule has 0 aliphatic rings. The molecule has 0 amide bonds. The van der Waals surface area contributed by atoms with Gasteiger partial charge in [0.25, 0.3) is 0 Å². The van der Waals surface area contributed by atoms with Gasteiger partial charge >= 0.3 is 0 Å². The molecule has 2 nitrogen and oxygen atoms in total. The minimum Gasteiger partial charge on any atom is -0.497 e. The van der Waals surface area contributed by atoms with Crippen LogP contribution in [-0.2, 0) is 6.54 Å². The van der Waals surface area contributed by atoms with E-state index in [2.05, 4.69) is 31.2 Å². The SMILES string of the molecule is COc1cccc(Sc2ccc(C)cc2CN)c1. The van der Waals surface area contributed by atoms with Gasteiger partial charge in [0.1, 0.15) is 5.75 Å². The highest BCUT2D eigenvalue weighted by Crippen LogP contribution is 2.32. The van der Waals surface area contributed by atoms with Crippen molar-refractivity contribution in [3.63, 3.8) is 0 Å². The number of benzene rings is 2. The summed E-state index contributed by atoms with van der Waals surface area (Å²) in [6.07, 6.45) is 0. The van der Waals surface area contributed by atoms with E-state index in [1.165, 1.54) is 16.0 Å². The van der Waals surface area contributed by atoms with Crippen molar-refractivity contribution in [2.75, 3.05) is 7.11 Å². The summed E-state index contributed by atoms with van der Waals surface area (Å²) in [5, 5.41) is 0. The monoisotopic (exact) mass is 259 g/mol. The molecule has 0 fully saturated rings. The number of ether oxygens (including phenoxy) is 1. The molecule has 2 N–H and O–H groups in total. The van der Waals surface area contributed by atoms with E-state index in [9.17, 15) is 0 Å². The molecule has 0 unspecified atom stereocenters. The fourth-order valence-corrected chi connectivity index (χ4v) is 2.74. The van der Waals surface area contributed by atoms with Gasteiger partial charge in [0.05, 0.1) is 7.11 Å². The van der Waals surface area contributed by atoms with Crippen LogP contribution in [0.3, 0.4) is 0 Å². The van der Waals surface area contributed by atoms with Gasteiger partial charge in [-0.25, -0.2) is 0 Å². The number of nitrogens with two attached hydrogens (primary N) is 1. The summed E-state index contributed by atoms with van der Waals surface area (Å²) in [4.78, 5) is 2.37. The standard InChI is InChI=1S/C15H17NOS/c1-11-6-7-15(12(8-11)10-16)18-14-5-3-4-13(9-14)17-2/h3-9H,10,16H2,1-2H3. The Morgan fingerprint density at radius 3 is 2.72 bits per heavy atom. The van der Waals surface area contributed by atoms with Crippen molar-refractivity contribution in [3.05, 3.63) is 53.6 Å². The van der Waals surface area contributed by atoms with Crippen LogP contribution in [0.2, 0.25) is 0 Å². The smallest absolute Gasteiger partial charge is 0.119 e. The van der Waals surface area contributed by atoms with Crippen LogP contribution >= 0.6 is 11.8 Å². The van der Waals surface area contributed by atoms with Gasteiger partial charge < -0.3 is 10.5 Å². The van der Waals surface area contributed by atoms with Gasteiger partial charge in [-0.15, -0.1) is 0 Å². The Labute approximate surface area is 112 Å². The van der Waals surface area contributed by atoms with Crippen LogP contribution in [0.15, 0.2) is 52.3 Å². The third kappa shape index (κ3) is 3.06. The Kier molecular flexibility index (Phi) is 4.28. The van der Waals surface area contributed by atoms with E-state index in [-0.39, 0.29) is 0 Å². The van der Waals surface area contributed by atoms with Crippen molar-refractivity contribution < 1.29 is 4.74 Å². The average molecular weight is 259 g/mol. The van der Waals surface area contributed by atoms with Crippen molar-refractivity contribution >= 4 is 11.8 Å². The molecule has 3 heteroatoms. The van der Waals surface area contributed by atoms with Crippen molar-refractivity contribution in [1.29, 1.82) is 0 Å². The summed E-state index contributed by atoms with van der Waals surface area (Å²) >= 11 is 1.72. The molecule has 18 heavy (non-hydrogen) atoms. The Bertz CT molecular complexity index is 540. The van der Waals surface area contributed by atoms with Gasteiger partial charge in [-0.05, 0) is 36.8 Å². The molecule has 0 aliphatic heterocycles. The molecule has 0 radical (unpaired) electrons. The molecule has 0 spiro atoms. The summed E-state index contributed by atoms with van der Waals surface area (Å²) in [7, 11) is 1.68. The first-order chi connectivity index (χ1) is 8.72. The van der Waals surface area contributed by atoms with E-state index in [4.69, 9.17) is 10.5 Å².